The fourth-order valence-electron chi connectivity index (χ4n) is 4.11. The van der Waals surface area contributed by atoms with Crippen molar-refractivity contribution in [1.82, 2.24) is 4.90 Å². The molecule has 3 rings (SSSR count). The Morgan fingerprint density at radius 2 is 1.55 bits per heavy atom. The molecule has 1 amide bonds. The molecule has 1 fully saturated rings. The van der Waals surface area contributed by atoms with Crippen LogP contribution in [0.5, 0.6) is 0 Å². The Hall–Kier alpha value is -2.93. The van der Waals surface area contributed by atoms with Crippen LogP contribution in [-0.4, -0.2) is 48.5 Å². The first-order valence-electron chi connectivity index (χ1n) is 10.9. The molecule has 0 aliphatic carbocycles. The van der Waals surface area contributed by atoms with Crippen molar-refractivity contribution in [3.63, 3.8) is 0 Å². The van der Waals surface area contributed by atoms with Crippen LogP contribution in [0.15, 0.2) is 42.5 Å². The number of amides is 1. The van der Waals surface area contributed by atoms with Crippen LogP contribution in [0, 0.1) is 10.1 Å². The van der Waals surface area contributed by atoms with E-state index in [9.17, 15) is 14.9 Å². The summed E-state index contributed by atoms with van der Waals surface area (Å²) in [4.78, 5) is 28.0. The average Bonchev–Trinajstić information content (AvgIpc) is 2.74. The highest BCUT2D eigenvalue weighted by molar-refractivity contribution is 5.94. The second-order valence-corrected chi connectivity index (χ2v) is 8.68. The fraction of sp³-hybridized carbons (Fsp3) is 0.458. The third-order valence-corrected chi connectivity index (χ3v) is 5.80. The van der Waals surface area contributed by atoms with Gasteiger partial charge < -0.3 is 10.2 Å². The van der Waals surface area contributed by atoms with E-state index in [0.29, 0.717) is 50.2 Å². The molecule has 1 N–H and O–H groups in total. The van der Waals surface area contributed by atoms with Crippen LogP contribution >= 0.6 is 0 Å². The summed E-state index contributed by atoms with van der Waals surface area (Å²) in [6, 6.07) is 13.0. The molecule has 0 radical (unpaired) electrons. The maximum absolute atomic E-state index is 12.9. The number of carbonyl (C=O) groups is 1. The SMILES string of the molecule is CC(C)c1cccc(C(C)C)c1NC(=O)CN1CCN(c2ccccc2[N+](=O)[O-])CC1. The molecule has 1 saturated heterocycles. The minimum absolute atomic E-state index is 0.0193. The van der Waals surface area contributed by atoms with Gasteiger partial charge in [0, 0.05) is 37.9 Å². The number of nitro benzene ring substituents is 1. The van der Waals surface area contributed by atoms with Gasteiger partial charge in [0.1, 0.15) is 5.69 Å². The summed E-state index contributed by atoms with van der Waals surface area (Å²) in [5, 5.41) is 14.5. The van der Waals surface area contributed by atoms with E-state index < -0.39 is 0 Å². The lowest BCUT2D eigenvalue weighted by Gasteiger charge is -2.35. The molecule has 7 nitrogen and oxygen atoms in total. The number of nitro groups is 1. The van der Waals surface area contributed by atoms with Gasteiger partial charge in [-0.05, 0) is 29.0 Å². The highest BCUT2D eigenvalue weighted by Crippen LogP contribution is 2.32. The molecule has 0 saturated carbocycles. The van der Waals surface area contributed by atoms with Crippen molar-refractivity contribution in [3.8, 4) is 0 Å². The summed E-state index contributed by atoms with van der Waals surface area (Å²) >= 11 is 0. The van der Waals surface area contributed by atoms with E-state index in [2.05, 4.69) is 56.1 Å². The molecule has 0 bridgehead atoms. The van der Waals surface area contributed by atoms with Crippen LogP contribution in [0.4, 0.5) is 17.1 Å². The van der Waals surface area contributed by atoms with E-state index in [0.717, 1.165) is 16.8 Å². The van der Waals surface area contributed by atoms with Gasteiger partial charge in [0.05, 0.1) is 11.5 Å². The smallest absolute Gasteiger partial charge is 0.292 e. The summed E-state index contributed by atoms with van der Waals surface area (Å²) in [6.07, 6.45) is 0. The molecule has 0 aromatic heterocycles. The highest BCUT2D eigenvalue weighted by atomic mass is 16.6. The largest absolute Gasteiger partial charge is 0.363 e. The van der Waals surface area contributed by atoms with Gasteiger partial charge in [-0.15, -0.1) is 0 Å². The van der Waals surface area contributed by atoms with Crippen molar-refractivity contribution in [2.75, 3.05) is 42.9 Å². The molecule has 7 heteroatoms. The zero-order valence-electron chi connectivity index (χ0n) is 18.8. The Morgan fingerprint density at radius 1 is 0.968 bits per heavy atom. The standard InChI is InChI=1S/C24H32N4O3/c1-17(2)19-8-7-9-20(18(3)4)24(19)25-23(29)16-26-12-14-27(15-13-26)21-10-5-6-11-22(21)28(30)31/h5-11,17-18H,12-16H2,1-4H3,(H,25,29). The monoisotopic (exact) mass is 424 g/mol. The van der Waals surface area contributed by atoms with E-state index in [1.54, 1.807) is 12.1 Å². The fourth-order valence-corrected chi connectivity index (χ4v) is 4.11. The number of hydrogen-bond donors (Lipinski definition) is 1. The minimum atomic E-state index is -0.340. The zero-order chi connectivity index (χ0) is 22.5. The topological polar surface area (TPSA) is 78.7 Å². The highest BCUT2D eigenvalue weighted by Gasteiger charge is 2.24. The van der Waals surface area contributed by atoms with Crippen molar-refractivity contribution in [2.45, 2.75) is 39.5 Å². The van der Waals surface area contributed by atoms with Crippen LogP contribution in [0.1, 0.15) is 50.7 Å². The van der Waals surface area contributed by atoms with Gasteiger partial charge >= 0.3 is 0 Å². The molecule has 1 aliphatic heterocycles. The van der Waals surface area contributed by atoms with Gasteiger partial charge in [0.2, 0.25) is 5.91 Å². The summed E-state index contributed by atoms with van der Waals surface area (Å²) in [5.74, 6) is 0.618. The molecular formula is C24H32N4O3. The summed E-state index contributed by atoms with van der Waals surface area (Å²) in [6.45, 7) is 11.5. The van der Waals surface area contributed by atoms with Crippen LogP contribution in [0.2, 0.25) is 0 Å². The maximum Gasteiger partial charge on any atom is 0.292 e. The lowest BCUT2D eigenvalue weighted by Crippen LogP contribution is -2.48. The van der Waals surface area contributed by atoms with Gasteiger partial charge in [-0.25, -0.2) is 0 Å². The number of nitrogens with zero attached hydrogens (tertiary/aromatic N) is 3. The van der Waals surface area contributed by atoms with E-state index in [1.807, 2.05) is 11.0 Å². The quantitative estimate of drug-likeness (QED) is 0.519. The molecule has 166 valence electrons. The van der Waals surface area contributed by atoms with Crippen LogP contribution in [0.3, 0.4) is 0 Å². The molecular weight excluding hydrogens is 392 g/mol. The average molecular weight is 425 g/mol. The van der Waals surface area contributed by atoms with E-state index >= 15 is 0 Å². The third-order valence-electron chi connectivity index (χ3n) is 5.80. The Labute approximate surface area is 184 Å². The number of piperazine rings is 1. The van der Waals surface area contributed by atoms with Crippen molar-refractivity contribution >= 4 is 23.0 Å². The molecule has 2 aromatic carbocycles. The van der Waals surface area contributed by atoms with Crippen molar-refractivity contribution < 1.29 is 9.72 Å². The second kappa shape index (κ2) is 9.92. The number of hydrogen-bond acceptors (Lipinski definition) is 5. The molecule has 1 aliphatic rings. The normalized spacial score (nSPS) is 14.8. The van der Waals surface area contributed by atoms with Crippen molar-refractivity contribution in [3.05, 3.63) is 63.7 Å². The molecule has 31 heavy (non-hydrogen) atoms. The Balaban J connectivity index is 1.64. The van der Waals surface area contributed by atoms with Gasteiger partial charge in [-0.1, -0.05) is 58.0 Å². The summed E-state index contributed by atoms with van der Waals surface area (Å²) in [5.41, 5.74) is 4.02. The van der Waals surface area contributed by atoms with Crippen LogP contribution < -0.4 is 10.2 Å². The third kappa shape index (κ3) is 5.41. The van der Waals surface area contributed by atoms with E-state index in [1.165, 1.54) is 6.07 Å². The zero-order valence-corrected chi connectivity index (χ0v) is 18.8. The molecule has 0 unspecified atom stereocenters. The lowest BCUT2D eigenvalue weighted by molar-refractivity contribution is -0.384. The Morgan fingerprint density at radius 3 is 2.10 bits per heavy atom. The number of benzene rings is 2. The Bertz CT molecular complexity index is 908. The number of anilines is 2. The maximum atomic E-state index is 12.9. The van der Waals surface area contributed by atoms with Gasteiger partial charge in [-0.2, -0.15) is 0 Å². The number of carbonyl (C=O) groups excluding carboxylic acids is 1. The van der Waals surface area contributed by atoms with Crippen LogP contribution in [-0.2, 0) is 4.79 Å². The first-order chi connectivity index (χ1) is 14.8. The molecule has 1 heterocycles. The number of nitrogens with one attached hydrogen (secondary N) is 1. The van der Waals surface area contributed by atoms with Gasteiger partial charge in [0.25, 0.3) is 5.69 Å². The number of rotatable bonds is 7. The lowest BCUT2D eigenvalue weighted by atomic mass is 9.92. The van der Waals surface area contributed by atoms with Crippen LogP contribution in [0.25, 0.3) is 0 Å². The number of para-hydroxylation sites is 3. The van der Waals surface area contributed by atoms with Crippen molar-refractivity contribution in [1.29, 1.82) is 0 Å². The second-order valence-electron chi connectivity index (χ2n) is 8.68. The predicted molar refractivity (Wildman–Crippen MR) is 125 cm³/mol. The predicted octanol–water partition coefficient (Wildman–Crippen LogP) is 4.60. The van der Waals surface area contributed by atoms with E-state index in [4.69, 9.17) is 0 Å². The Kier molecular flexibility index (Phi) is 7.28. The molecule has 2 aromatic rings. The molecule has 0 spiro atoms. The summed E-state index contributed by atoms with van der Waals surface area (Å²) < 4.78 is 0. The van der Waals surface area contributed by atoms with Gasteiger partial charge in [-0.3, -0.25) is 19.8 Å². The van der Waals surface area contributed by atoms with Gasteiger partial charge in [0.15, 0.2) is 0 Å². The van der Waals surface area contributed by atoms with Crippen molar-refractivity contribution in [2.24, 2.45) is 0 Å². The first-order valence-corrected chi connectivity index (χ1v) is 10.9. The molecule has 0 atom stereocenters. The first kappa shape index (κ1) is 22.7. The van der Waals surface area contributed by atoms with E-state index in [-0.39, 0.29) is 16.5 Å². The summed E-state index contributed by atoms with van der Waals surface area (Å²) in [7, 11) is 0. The minimum Gasteiger partial charge on any atom is -0.363 e.